The Morgan fingerprint density at radius 3 is 2.68 bits per heavy atom. The van der Waals surface area contributed by atoms with E-state index in [1.807, 2.05) is 36.4 Å². The van der Waals surface area contributed by atoms with Crippen LogP contribution in [-0.4, -0.2) is 23.2 Å². The number of hydrogen-bond acceptors (Lipinski definition) is 3. The summed E-state index contributed by atoms with van der Waals surface area (Å²) < 4.78 is 20.2. The van der Waals surface area contributed by atoms with Crippen molar-refractivity contribution < 1.29 is 19.0 Å². The second-order valence-corrected chi connectivity index (χ2v) is 7.93. The van der Waals surface area contributed by atoms with Gasteiger partial charge in [0.2, 0.25) is 5.88 Å². The van der Waals surface area contributed by atoms with E-state index in [1.54, 1.807) is 32.4 Å². The van der Waals surface area contributed by atoms with Crippen LogP contribution in [-0.2, 0) is 17.6 Å². The number of benzene rings is 2. The van der Waals surface area contributed by atoms with E-state index in [1.165, 1.54) is 5.56 Å². The van der Waals surface area contributed by atoms with E-state index >= 15 is 4.39 Å². The molecule has 1 aromatic heterocycles. The summed E-state index contributed by atoms with van der Waals surface area (Å²) in [4.78, 5) is 15.3. The van der Waals surface area contributed by atoms with Gasteiger partial charge in [0.15, 0.2) is 0 Å². The average Bonchev–Trinajstić information content (AvgIpc) is 2.78. The number of aromatic nitrogens is 1. The highest BCUT2D eigenvalue weighted by atomic mass is 19.1. The number of carboxylic acids is 1. The molecular formula is C26H24FNO3. The van der Waals surface area contributed by atoms with Gasteiger partial charge in [-0.2, -0.15) is 0 Å². The lowest BCUT2D eigenvalue weighted by atomic mass is 9.86. The average molecular weight is 417 g/mol. The van der Waals surface area contributed by atoms with E-state index in [0.717, 1.165) is 40.7 Å². The number of nitrogens with zero attached hydrogens (tertiary/aromatic N) is 1. The molecule has 0 aliphatic heterocycles. The molecule has 2 aromatic carbocycles. The number of aryl methyl sites for hydroxylation is 1. The van der Waals surface area contributed by atoms with Crippen molar-refractivity contribution in [1.82, 2.24) is 4.98 Å². The van der Waals surface area contributed by atoms with Crippen LogP contribution in [0.15, 0.2) is 54.7 Å². The van der Waals surface area contributed by atoms with E-state index in [9.17, 15) is 9.90 Å². The highest BCUT2D eigenvalue weighted by Crippen LogP contribution is 2.34. The summed E-state index contributed by atoms with van der Waals surface area (Å²) in [5.74, 6) is -1.02. The monoisotopic (exact) mass is 417 g/mol. The van der Waals surface area contributed by atoms with Crippen LogP contribution in [0.4, 0.5) is 4.39 Å². The fourth-order valence-corrected chi connectivity index (χ4v) is 3.97. The number of pyridine rings is 1. The van der Waals surface area contributed by atoms with E-state index in [2.05, 4.69) is 11.1 Å². The molecule has 4 nitrogen and oxygen atoms in total. The third-order valence-corrected chi connectivity index (χ3v) is 5.76. The second-order valence-electron chi connectivity index (χ2n) is 7.93. The molecule has 0 saturated carbocycles. The van der Waals surface area contributed by atoms with Crippen molar-refractivity contribution >= 4 is 17.6 Å². The van der Waals surface area contributed by atoms with Crippen LogP contribution in [0, 0.1) is 11.7 Å². The Labute approximate surface area is 181 Å². The first-order valence-electron chi connectivity index (χ1n) is 10.3. The minimum Gasteiger partial charge on any atom is -0.481 e. The predicted octanol–water partition coefficient (Wildman–Crippen LogP) is 5.65. The summed E-state index contributed by atoms with van der Waals surface area (Å²) in [5, 5.41) is 9.17. The maximum Gasteiger partial charge on any atom is 0.306 e. The number of ether oxygens (including phenoxy) is 1. The van der Waals surface area contributed by atoms with Crippen molar-refractivity contribution in [2.24, 2.45) is 5.92 Å². The summed E-state index contributed by atoms with van der Waals surface area (Å²) in [6.45, 7) is 1.71. The van der Waals surface area contributed by atoms with E-state index in [-0.39, 0.29) is 5.82 Å². The highest BCUT2D eigenvalue weighted by Gasteiger charge is 2.17. The molecule has 0 spiro atoms. The first-order chi connectivity index (χ1) is 14.9. The number of carbonyl (C=O) groups is 1. The van der Waals surface area contributed by atoms with Crippen LogP contribution in [0.25, 0.3) is 22.8 Å². The topological polar surface area (TPSA) is 59.4 Å². The molecule has 3 aromatic rings. The van der Waals surface area contributed by atoms with Gasteiger partial charge in [-0.3, -0.25) is 4.79 Å². The van der Waals surface area contributed by atoms with E-state index < -0.39 is 11.9 Å². The maximum absolute atomic E-state index is 15.1. The number of carboxylic acid groups (broad SMARTS) is 1. The molecule has 0 fully saturated rings. The summed E-state index contributed by atoms with van der Waals surface area (Å²) >= 11 is 0. The third kappa shape index (κ3) is 4.50. The third-order valence-electron chi connectivity index (χ3n) is 5.76. The van der Waals surface area contributed by atoms with Gasteiger partial charge in [0.25, 0.3) is 0 Å². The molecule has 4 rings (SSSR count). The summed E-state index contributed by atoms with van der Waals surface area (Å²) in [5.41, 5.74) is 6.39. The molecule has 0 saturated heterocycles. The first kappa shape index (κ1) is 20.8. The summed E-state index contributed by atoms with van der Waals surface area (Å²) in [7, 11) is 1.55. The van der Waals surface area contributed by atoms with Crippen molar-refractivity contribution in [2.45, 2.75) is 26.2 Å². The lowest BCUT2D eigenvalue weighted by Crippen LogP contribution is -2.12. The van der Waals surface area contributed by atoms with Gasteiger partial charge >= 0.3 is 5.97 Å². The second kappa shape index (κ2) is 8.72. The molecule has 1 aliphatic carbocycles. The first-order valence-corrected chi connectivity index (χ1v) is 10.3. The Morgan fingerprint density at radius 1 is 1.13 bits per heavy atom. The lowest BCUT2D eigenvalue weighted by molar-refractivity contribution is -0.141. The van der Waals surface area contributed by atoms with Crippen LogP contribution in [0.3, 0.4) is 0 Å². The van der Waals surface area contributed by atoms with Gasteiger partial charge in [0.1, 0.15) is 5.82 Å². The predicted molar refractivity (Wildman–Crippen MR) is 119 cm³/mol. The van der Waals surface area contributed by atoms with Crippen LogP contribution >= 0.6 is 0 Å². The number of halogens is 1. The standard InChI is InChI=1S/C26H24FNO3/c1-16(26(29)30)11-17-3-4-18-5-6-21(13-22(18)12-17)23-8-7-19(14-24(23)27)20-9-10-28-25(15-20)31-2/h3-4,7-10,12-16H,5-6,11H2,1-2H3,(H,29,30). The minimum atomic E-state index is -0.803. The van der Waals surface area contributed by atoms with Crippen LogP contribution in [0.5, 0.6) is 5.88 Å². The minimum absolute atomic E-state index is 0.265. The van der Waals surface area contributed by atoms with Crippen LogP contribution < -0.4 is 4.74 Å². The molecule has 0 radical (unpaired) electrons. The molecule has 1 N–H and O–H groups in total. The lowest BCUT2D eigenvalue weighted by Gasteiger charge is -2.19. The smallest absolute Gasteiger partial charge is 0.306 e. The fourth-order valence-electron chi connectivity index (χ4n) is 3.97. The molecule has 158 valence electrons. The molecule has 5 heteroatoms. The fraction of sp³-hybridized carbons (Fsp3) is 0.231. The zero-order chi connectivity index (χ0) is 22.0. The van der Waals surface area contributed by atoms with E-state index in [4.69, 9.17) is 4.74 Å². The van der Waals surface area contributed by atoms with Gasteiger partial charge in [-0.05, 0) is 64.8 Å². The zero-order valence-electron chi connectivity index (χ0n) is 17.6. The number of methoxy groups -OCH3 is 1. The molecule has 1 atom stereocenters. The number of allylic oxidation sites excluding steroid dienone is 1. The number of hydrogen-bond donors (Lipinski definition) is 1. The largest absolute Gasteiger partial charge is 0.481 e. The van der Waals surface area contributed by atoms with Gasteiger partial charge in [-0.15, -0.1) is 0 Å². The molecule has 0 amide bonds. The van der Waals surface area contributed by atoms with Crippen molar-refractivity contribution in [3.05, 3.63) is 82.8 Å². The van der Waals surface area contributed by atoms with Gasteiger partial charge in [-0.1, -0.05) is 43.3 Å². The Hall–Kier alpha value is -3.47. The van der Waals surface area contributed by atoms with Crippen molar-refractivity contribution in [1.29, 1.82) is 0 Å². The molecule has 1 aliphatic rings. The van der Waals surface area contributed by atoms with Gasteiger partial charge in [0.05, 0.1) is 13.0 Å². The summed E-state index contributed by atoms with van der Waals surface area (Å²) in [6, 6.07) is 15.0. The quantitative estimate of drug-likeness (QED) is 0.563. The Morgan fingerprint density at radius 2 is 1.94 bits per heavy atom. The number of aliphatic carboxylic acids is 1. The van der Waals surface area contributed by atoms with Gasteiger partial charge < -0.3 is 9.84 Å². The molecule has 1 heterocycles. The highest BCUT2D eigenvalue weighted by molar-refractivity contribution is 5.85. The Kier molecular flexibility index (Phi) is 5.85. The number of rotatable bonds is 6. The molecule has 1 unspecified atom stereocenters. The molecule has 31 heavy (non-hydrogen) atoms. The van der Waals surface area contributed by atoms with Crippen molar-refractivity contribution in [3.8, 4) is 17.0 Å². The van der Waals surface area contributed by atoms with Crippen LogP contribution in [0.2, 0.25) is 0 Å². The Balaban J connectivity index is 1.63. The normalized spacial score (nSPS) is 13.8. The maximum atomic E-state index is 15.1. The zero-order valence-corrected chi connectivity index (χ0v) is 17.6. The Bertz CT molecular complexity index is 1170. The van der Waals surface area contributed by atoms with Gasteiger partial charge in [0, 0.05) is 17.8 Å². The van der Waals surface area contributed by atoms with Crippen molar-refractivity contribution in [2.75, 3.05) is 7.11 Å². The van der Waals surface area contributed by atoms with Crippen LogP contribution in [0.1, 0.15) is 35.6 Å². The number of fused-ring (bicyclic) bond motifs is 1. The van der Waals surface area contributed by atoms with Crippen molar-refractivity contribution in [3.63, 3.8) is 0 Å². The van der Waals surface area contributed by atoms with E-state index in [0.29, 0.717) is 17.9 Å². The summed E-state index contributed by atoms with van der Waals surface area (Å²) in [6.07, 6.45) is 5.74. The SMILES string of the molecule is COc1cc(-c2ccc(C3=Cc4cc(CC(C)C(=O)O)ccc4CC3)c(F)c2)ccn1. The molecule has 0 bridgehead atoms. The molecular weight excluding hydrogens is 393 g/mol. The van der Waals surface area contributed by atoms with Gasteiger partial charge in [-0.25, -0.2) is 9.37 Å².